The maximum absolute atomic E-state index is 6.20. The largest absolute Gasteiger partial charge is 0.493 e. The molecule has 0 radical (unpaired) electrons. The standard InChI is InChI=1S/C16H13Cl2NOS/c17-9-11-10-21-16(19-11)7-8-20-15-6-5-14(18)12-3-1-2-4-13(12)15/h1-6,10H,7-9H2. The monoisotopic (exact) mass is 337 g/mol. The van der Waals surface area contributed by atoms with Gasteiger partial charge in [0.25, 0.3) is 0 Å². The van der Waals surface area contributed by atoms with Gasteiger partial charge in [-0.25, -0.2) is 4.98 Å². The van der Waals surface area contributed by atoms with E-state index in [9.17, 15) is 0 Å². The second kappa shape index (κ2) is 6.65. The number of ether oxygens (including phenoxy) is 1. The molecule has 0 saturated heterocycles. The lowest BCUT2D eigenvalue weighted by atomic mass is 10.1. The Morgan fingerprint density at radius 1 is 1.10 bits per heavy atom. The Bertz CT molecular complexity index is 757. The average Bonchev–Trinajstić information content (AvgIpc) is 2.98. The summed E-state index contributed by atoms with van der Waals surface area (Å²) in [5, 5.41) is 5.81. The van der Waals surface area contributed by atoms with Crippen LogP contribution in [0.2, 0.25) is 5.02 Å². The highest BCUT2D eigenvalue weighted by atomic mass is 35.5. The van der Waals surface area contributed by atoms with Crippen LogP contribution in [0.15, 0.2) is 41.8 Å². The minimum absolute atomic E-state index is 0.458. The summed E-state index contributed by atoms with van der Waals surface area (Å²) < 4.78 is 5.90. The first kappa shape index (κ1) is 14.6. The highest BCUT2D eigenvalue weighted by molar-refractivity contribution is 7.09. The molecule has 0 unspecified atom stereocenters. The van der Waals surface area contributed by atoms with E-state index in [1.54, 1.807) is 11.3 Å². The van der Waals surface area contributed by atoms with Crippen molar-refractivity contribution in [2.75, 3.05) is 6.61 Å². The molecule has 0 spiro atoms. The molecule has 108 valence electrons. The average molecular weight is 338 g/mol. The van der Waals surface area contributed by atoms with Crippen molar-refractivity contribution in [3.8, 4) is 5.75 Å². The van der Waals surface area contributed by atoms with Crippen LogP contribution < -0.4 is 4.74 Å². The third-order valence-corrected chi connectivity index (χ3v) is 4.70. The molecule has 3 rings (SSSR count). The molecule has 3 aromatic rings. The van der Waals surface area contributed by atoms with Gasteiger partial charge in [0.05, 0.1) is 23.2 Å². The third-order valence-electron chi connectivity index (χ3n) is 3.14. The van der Waals surface area contributed by atoms with E-state index in [1.807, 2.05) is 41.8 Å². The van der Waals surface area contributed by atoms with Crippen LogP contribution in [0.1, 0.15) is 10.7 Å². The summed E-state index contributed by atoms with van der Waals surface area (Å²) >= 11 is 13.6. The van der Waals surface area contributed by atoms with Gasteiger partial charge < -0.3 is 4.74 Å². The first-order valence-electron chi connectivity index (χ1n) is 6.57. The number of hydrogen-bond donors (Lipinski definition) is 0. The van der Waals surface area contributed by atoms with Crippen LogP contribution in [0.5, 0.6) is 5.75 Å². The number of halogens is 2. The fourth-order valence-corrected chi connectivity index (χ4v) is 3.37. The van der Waals surface area contributed by atoms with Gasteiger partial charge in [-0.2, -0.15) is 0 Å². The molecular formula is C16H13Cl2NOS. The van der Waals surface area contributed by atoms with Crippen LogP contribution in [-0.4, -0.2) is 11.6 Å². The van der Waals surface area contributed by atoms with E-state index in [0.29, 0.717) is 12.5 Å². The summed E-state index contributed by atoms with van der Waals surface area (Å²) in [6, 6.07) is 11.8. The van der Waals surface area contributed by atoms with Crippen LogP contribution >= 0.6 is 34.5 Å². The Balaban J connectivity index is 1.72. The van der Waals surface area contributed by atoms with Gasteiger partial charge >= 0.3 is 0 Å². The normalized spacial score (nSPS) is 11.0. The van der Waals surface area contributed by atoms with Gasteiger partial charge in [-0.3, -0.25) is 0 Å². The van der Waals surface area contributed by atoms with Crippen LogP contribution in [0.3, 0.4) is 0 Å². The van der Waals surface area contributed by atoms with Crippen molar-refractivity contribution in [3.63, 3.8) is 0 Å². The van der Waals surface area contributed by atoms with Crippen molar-refractivity contribution in [2.24, 2.45) is 0 Å². The number of alkyl halides is 1. The van der Waals surface area contributed by atoms with Gasteiger partial charge in [-0.05, 0) is 12.1 Å². The zero-order chi connectivity index (χ0) is 14.7. The zero-order valence-corrected chi connectivity index (χ0v) is 13.5. The maximum atomic E-state index is 6.20. The molecule has 0 aliphatic carbocycles. The first-order valence-corrected chi connectivity index (χ1v) is 8.36. The fraction of sp³-hybridized carbons (Fsp3) is 0.188. The number of hydrogen-bond acceptors (Lipinski definition) is 3. The predicted molar refractivity (Wildman–Crippen MR) is 89.8 cm³/mol. The lowest BCUT2D eigenvalue weighted by Gasteiger charge is -2.09. The van der Waals surface area contributed by atoms with Gasteiger partial charge in [0, 0.05) is 27.6 Å². The van der Waals surface area contributed by atoms with Crippen LogP contribution in [0.4, 0.5) is 0 Å². The van der Waals surface area contributed by atoms with Crippen molar-refractivity contribution in [1.29, 1.82) is 0 Å². The van der Waals surface area contributed by atoms with Crippen LogP contribution in [0, 0.1) is 0 Å². The molecule has 0 atom stereocenters. The highest BCUT2D eigenvalue weighted by Gasteiger charge is 2.06. The van der Waals surface area contributed by atoms with Crippen molar-refractivity contribution in [3.05, 3.63) is 57.5 Å². The van der Waals surface area contributed by atoms with Gasteiger partial charge in [0.1, 0.15) is 5.75 Å². The molecule has 0 N–H and O–H groups in total. The molecule has 0 aliphatic heterocycles. The first-order chi connectivity index (χ1) is 10.3. The number of fused-ring (bicyclic) bond motifs is 1. The van der Waals surface area contributed by atoms with Gasteiger partial charge in [-0.15, -0.1) is 22.9 Å². The summed E-state index contributed by atoms with van der Waals surface area (Å²) in [6.07, 6.45) is 0.776. The van der Waals surface area contributed by atoms with Gasteiger partial charge in [-0.1, -0.05) is 35.9 Å². The van der Waals surface area contributed by atoms with E-state index in [1.165, 1.54) is 0 Å². The number of benzene rings is 2. The molecule has 2 aromatic carbocycles. The molecule has 5 heteroatoms. The molecule has 0 amide bonds. The molecule has 0 fully saturated rings. The van der Waals surface area contributed by atoms with Gasteiger partial charge in [0.15, 0.2) is 0 Å². The Morgan fingerprint density at radius 2 is 1.90 bits per heavy atom. The number of aromatic nitrogens is 1. The maximum Gasteiger partial charge on any atom is 0.127 e. The molecule has 0 saturated carbocycles. The van der Waals surface area contributed by atoms with Gasteiger partial charge in [0.2, 0.25) is 0 Å². The minimum atomic E-state index is 0.458. The Kier molecular flexibility index (Phi) is 4.63. The van der Waals surface area contributed by atoms with E-state index in [0.717, 1.165) is 38.7 Å². The molecule has 21 heavy (non-hydrogen) atoms. The summed E-state index contributed by atoms with van der Waals surface area (Å²) in [6.45, 7) is 0.584. The van der Waals surface area contributed by atoms with E-state index < -0.39 is 0 Å². The smallest absolute Gasteiger partial charge is 0.127 e. The van der Waals surface area contributed by atoms with E-state index in [-0.39, 0.29) is 0 Å². The predicted octanol–water partition coefficient (Wildman–Crippen LogP) is 5.31. The quantitative estimate of drug-likeness (QED) is 0.588. The van der Waals surface area contributed by atoms with Crippen molar-refractivity contribution >= 4 is 45.3 Å². The van der Waals surface area contributed by atoms with Crippen LogP contribution in [0.25, 0.3) is 10.8 Å². The molecular weight excluding hydrogens is 325 g/mol. The molecule has 0 aliphatic rings. The van der Waals surface area contributed by atoms with Crippen molar-refractivity contribution in [1.82, 2.24) is 4.98 Å². The second-order valence-electron chi connectivity index (χ2n) is 4.56. The summed E-state index contributed by atoms with van der Waals surface area (Å²) in [5.41, 5.74) is 0.925. The third kappa shape index (κ3) is 3.31. The molecule has 1 aromatic heterocycles. The topological polar surface area (TPSA) is 22.1 Å². The Morgan fingerprint density at radius 3 is 2.67 bits per heavy atom. The summed E-state index contributed by atoms with van der Waals surface area (Å²) in [7, 11) is 0. The Hall–Kier alpha value is -1.29. The van der Waals surface area contributed by atoms with Crippen molar-refractivity contribution < 1.29 is 4.74 Å². The summed E-state index contributed by atoms with van der Waals surface area (Å²) in [4.78, 5) is 4.42. The zero-order valence-electron chi connectivity index (χ0n) is 11.2. The number of thiazole rings is 1. The fourth-order valence-electron chi connectivity index (χ4n) is 2.13. The Labute approximate surface area is 137 Å². The van der Waals surface area contributed by atoms with E-state index in [4.69, 9.17) is 27.9 Å². The highest BCUT2D eigenvalue weighted by Crippen LogP contribution is 2.31. The second-order valence-corrected chi connectivity index (χ2v) is 6.17. The lowest BCUT2D eigenvalue weighted by molar-refractivity contribution is 0.325. The molecule has 2 nitrogen and oxygen atoms in total. The minimum Gasteiger partial charge on any atom is -0.493 e. The van der Waals surface area contributed by atoms with E-state index >= 15 is 0 Å². The molecule has 1 heterocycles. The number of nitrogens with zero attached hydrogens (tertiary/aromatic N) is 1. The van der Waals surface area contributed by atoms with E-state index in [2.05, 4.69) is 4.98 Å². The number of rotatable bonds is 5. The van der Waals surface area contributed by atoms with Crippen molar-refractivity contribution in [2.45, 2.75) is 12.3 Å². The molecule has 0 bridgehead atoms. The SMILES string of the molecule is ClCc1csc(CCOc2ccc(Cl)c3ccccc23)n1. The summed E-state index contributed by atoms with van der Waals surface area (Å²) in [5.74, 6) is 1.31. The lowest BCUT2D eigenvalue weighted by Crippen LogP contribution is -2.01. The van der Waals surface area contributed by atoms with Crippen LogP contribution in [-0.2, 0) is 12.3 Å².